The van der Waals surface area contributed by atoms with Crippen LogP contribution in [0.4, 0.5) is 16.2 Å². The van der Waals surface area contributed by atoms with Crippen molar-refractivity contribution >= 4 is 27.2 Å². The molecule has 0 saturated carbocycles. The van der Waals surface area contributed by atoms with Crippen molar-refractivity contribution in [3.05, 3.63) is 48.5 Å². The van der Waals surface area contributed by atoms with Gasteiger partial charge in [0.05, 0.1) is 23.6 Å². The lowest BCUT2D eigenvalue weighted by molar-refractivity contribution is 0.251. The number of urea groups is 1. The average Bonchev–Trinajstić information content (AvgIpc) is 2.98. The van der Waals surface area contributed by atoms with Gasteiger partial charge >= 0.3 is 6.03 Å². The first-order valence-electron chi connectivity index (χ1n) is 7.69. The third kappa shape index (κ3) is 2.50. The lowest BCUT2D eigenvalue weighted by Crippen LogP contribution is -2.36. The molecule has 2 heterocycles. The number of fused-ring (bicyclic) bond motifs is 1. The highest BCUT2D eigenvalue weighted by Gasteiger charge is 2.49. The van der Waals surface area contributed by atoms with Crippen LogP contribution in [-0.4, -0.2) is 38.0 Å². The normalized spacial score (nSPS) is 24.7. The van der Waals surface area contributed by atoms with Crippen LogP contribution >= 0.6 is 0 Å². The van der Waals surface area contributed by atoms with Crippen LogP contribution in [-0.2, 0) is 9.84 Å². The van der Waals surface area contributed by atoms with Crippen LogP contribution in [0.5, 0.6) is 0 Å². The van der Waals surface area contributed by atoms with Gasteiger partial charge in [0.2, 0.25) is 0 Å². The van der Waals surface area contributed by atoms with E-state index in [4.69, 9.17) is 5.73 Å². The first kappa shape index (κ1) is 15.0. The highest BCUT2D eigenvalue weighted by Crippen LogP contribution is 2.31. The quantitative estimate of drug-likeness (QED) is 0.640. The van der Waals surface area contributed by atoms with Crippen molar-refractivity contribution in [1.82, 2.24) is 5.32 Å². The zero-order valence-electron chi connectivity index (χ0n) is 12.8. The minimum Gasteiger partial charge on any atom is -0.399 e. The Labute approximate surface area is 140 Å². The van der Waals surface area contributed by atoms with Crippen LogP contribution < -0.4 is 16.0 Å². The fourth-order valence-electron chi connectivity index (χ4n) is 3.40. The average molecular weight is 343 g/mol. The highest BCUT2D eigenvalue weighted by molar-refractivity contribution is 7.91. The van der Waals surface area contributed by atoms with Gasteiger partial charge in [-0.25, -0.2) is 13.2 Å². The number of nitrogens with zero attached hydrogens (tertiary/aromatic N) is 1. The summed E-state index contributed by atoms with van der Waals surface area (Å²) in [5.41, 5.74) is 9.15. The number of nitrogen functional groups attached to an aromatic ring is 1. The molecule has 124 valence electrons. The maximum Gasteiger partial charge on any atom is 0.322 e. The monoisotopic (exact) mass is 343 g/mol. The van der Waals surface area contributed by atoms with Crippen LogP contribution in [0.2, 0.25) is 0 Å². The number of hydrogen-bond donors (Lipinski definition) is 2. The van der Waals surface area contributed by atoms with Gasteiger partial charge in [-0.1, -0.05) is 24.3 Å². The van der Waals surface area contributed by atoms with Crippen molar-refractivity contribution in [2.24, 2.45) is 0 Å². The molecule has 2 saturated heterocycles. The Morgan fingerprint density at radius 1 is 0.958 bits per heavy atom. The molecule has 0 spiro atoms. The van der Waals surface area contributed by atoms with Gasteiger partial charge in [0.15, 0.2) is 9.84 Å². The Morgan fingerprint density at radius 2 is 1.54 bits per heavy atom. The molecule has 2 aliphatic rings. The van der Waals surface area contributed by atoms with Crippen LogP contribution in [0.25, 0.3) is 11.1 Å². The molecule has 3 N–H and O–H groups in total. The SMILES string of the molecule is Nc1ccc(-c2ccc(N3C(=O)N[C@H]4CS(=O)(=O)C[C@H]43)cc2)cc1. The van der Waals surface area contributed by atoms with E-state index >= 15 is 0 Å². The van der Waals surface area contributed by atoms with Crippen molar-refractivity contribution in [2.75, 3.05) is 22.1 Å². The zero-order valence-corrected chi connectivity index (χ0v) is 13.7. The maximum absolute atomic E-state index is 12.2. The maximum atomic E-state index is 12.2. The number of anilines is 2. The van der Waals surface area contributed by atoms with Crippen molar-refractivity contribution in [2.45, 2.75) is 12.1 Å². The van der Waals surface area contributed by atoms with E-state index in [-0.39, 0.29) is 29.6 Å². The molecule has 0 aliphatic carbocycles. The molecule has 2 aromatic rings. The van der Waals surface area contributed by atoms with Crippen LogP contribution in [0.1, 0.15) is 0 Å². The minimum atomic E-state index is -3.09. The number of sulfone groups is 1. The molecule has 2 atom stereocenters. The van der Waals surface area contributed by atoms with Crippen molar-refractivity contribution in [1.29, 1.82) is 0 Å². The third-order valence-corrected chi connectivity index (χ3v) is 6.29. The summed E-state index contributed by atoms with van der Waals surface area (Å²) in [5.74, 6) is 0.0273. The van der Waals surface area contributed by atoms with Crippen molar-refractivity contribution < 1.29 is 13.2 Å². The van der Waals surface area contributed by atoms with E-state index in [1.807, 2.05) is 48.5 Å². The molecule has 6 nitrogen and oxygen atoms in total. The standard InChI is InChI=1S/C17H17N3O3S/c18-13-5-1-11(2-6-13)12-3-7-14(8-4-12)20-16-10-24(22,23)9-15(16)19-17(20)21/h1-8,15-16H,9-10,18H2,(H,19,21)/t15-,16+/m0/s1. The second-order valence-corrected chi connectivity index (χ2v) is 8.39. The van der Waals surface area contributed by atoms with E-state index < -0.39 is 9.84 Å². The van der Waals surface area contributed by atoms with E-state index in [1.165, 1.54) is 0 Å². The number of nitrogens with one attached hydrogen (secondary N) is 1. The Hall–Kier alpha value is -2.54. The summed E-state index contributed by atoms with van der Waals surface area (Å²) in [7, 11) is -3.09. The van der Waals surface area contributed by atoms with Crippen molar-refractivity contribution in [3.8, 4) is 11.1 Å². The van der Waals surface area contributed by atoms with E-state index in [9.17, 15) is 13.2 Å². The first-order valence-corrected chi connectivity index (χ1v) is 9.51. The predicted molar refractivity (Wildman–Crippen MR) is 93.5 cm³/mol. The molecule has 24 heavy (non-hydrogen) atoms. The summed E-state index contributed by atoms with van der Waals surface area (Å²) in [5, 5.41) is 2.77. The van der Waals surface area contributed by atoms with E-state index in [1.54, 1.807) is 4.90 Å². The smallest absolute Gasteiger partial charge is 0.322 e. The highest BCUT2D eigenvalue weighted by atomic mass is 32.2. The number of nitrogens with two attached hydrogens (primary N) is 1. The summed E-state index contributed by atoms with van der Waals surface area (Å²) in [6.07, 6.45) is 0. The molecule has 4 rings (SSSR count). The summed E-state index contributed by atoms with van der Waals surface area (Å²) in [6.45, 7) is 0. The zero-order chi connectivity index (χ0) is 16.9. The molecule has 0 radical (unpaired) electrons. The van der Waals surface area contributed by atoms with E-state index in [0.29, 0.717) is 11.4 Å². The van der Waals surface area contributed by atoms with Gasteiger partial charge in [-0.3, -0.25) is 4.90 Å². The Balaban J connectivity index is 1.63. The van der Waals surface area contributed by atoms with Gasteiger partial charge in [0, 0.05) is 11.4 Å². The van der Waals surface area contributed by atoms with Gasteiger partial charge in [-0.15, -0.1) is 0 Å². The van der Waals surface area contributed by atoms with Gasteiger partial charge in [0.25, 0.3) is 0 Å². The summed E-state index contributed by atoms with van der Waals surface area (Å²) < 4.78 is 23.6. The van der Waals surface area contributed by atoms with E-state index in [0.717, 1.165) is 11.1 Å². The summed E-state index contributed by atoms with van der Waals surface area (Å²) >= 11 is 0. The number of rotatable bonds is 2. The molecular formula is C17H17N3O3S. The second-order valence-electron chi connectivity index (χ2n) is 6.24. The number of benzene rings is 2. The molecule has 0 bridgehead atoms. The first-order chi connectivity index (χ1) is 11.4. The van der Waals surface area contributed by atoms with Crippen molar-refractivity contribution in [3.63, 3.8) is 0 Å². The van der Waals surface area contributed by atoms with Gasteiger partial charge in [-0.2, -0.15) is 0 Å². The molecule has 2 amide bonds. The fourth-order valence-corrected chi connectivity index (χ4v) is 5.29. The third-order valence-electron chi connectivity index (χ3n) is 4.57. The Bertz CT molecular complexity index is 892. The van der Waals surface area contributed by atoms with Crippen LogP contribution in [0.15, 0.2) is 48.5 Å². The summed E-state index contributed by atoms with van der Waals surface area (Å²) in [6, 6.07) is 14.2. The predicted octanol–water partition coefficient (Wildman–Crippen LogP) is 1.63. The Kier molecular flexibility index (Phi) is 3.28. The number of hydrogen-bond acceptors (Lipinski definition) is 4. The molecule has 7 heteroatoms. The van der Waals surface area contributed by atoms with Gasteiger partial charge in [0.1, 0.15) is 0 Å². The lowest BCUT2D eigenvalue weighted by atomic mass is 10.0. The van der Waals surface area contributed by atoms with Gasteiger partial charge < -0.3 is 11.1 Å². The molecule has 0 unspecified atom stereocenters. The van der Waals surface area contributed by atoms with Crippen LogP contribution in [0.3, 0.4) is 0 Å². The van der Waals surface area contributed by atoms with Gasteiger partial charge in [-0.05, 0) is 35.4 Å². The summed E-state index contributed by atoms with van der Waals surface area (Å²) in [4.78, 5) is 13.8. The number of amides is 2. The molecule has 2 aliphatic heterocycles. The molecular weight excluding hydrogens is 326 g/mol. The topological polar surface area (TPSA) is 92.5 Å². The molecule has 2 aromatic carbocycles. The van der Waals surface area contributed by atoms with Crippen LogP contribution in [0, 0.1) is 0 Å². The van der Waals surface area contributed by atoms with E-state index in [2.05, 4.69) is 5.32 Å². The fraction of sp³-hybridized carbons (Fsp3) is 0.235. The Morgan fingerprint density at radius 3 is 2.17 bits per heavy atom. The largest absolute Gasteiger partial charge is 0.399 e. The lowest BCUT2D eigenvalue weighted by Gasteiger charge is -2.21. The molecule has 0 aromatic heterocycles. The minimum absolute atomic E-state index is 0.0100. The molecule has 2 fully saturated rings. The number of carbonyl (C=O) groups excluding carboxylic acids is 1. The second kappa shape index (κ2) is 5.24. The number of carbonyl (C=O) groups is 1.